The van der Waals surface area contributed by atoms with Crippen molar-refractivity contribution in [2.75, 3.05) is 26.2 Å². The van der Waals surface area contributed by atoms with Crippen LogP contribution in [0.2, 0.25) is 5.02 Å². The average Bonchev–Trinajstić information content (AvgIpc) is 3.31. The summed E-state index contributed by atoms with van der Waals surface area (Å²) >= 11 is 7.95. The minimum absolute atomic E-state index is 0.0874. The third-order valence-electron chi connectivity index (χ3n) is 6.54. The number of nitrogens with zero attached hydrogens (tertiary/aromatic N) is 3. The van der Waals surface area contributed by atoms with E-state index in [1.807, 2.05) is 30.2 Å². The van der Waals surface area contributed by atoms with Gasteiger partial charge in [-0.1, -0.05) is 23.4 Å². The van der Waals surface area contributed by atoms with Gasteiger partial charge in [0.2, 0.25) is 5.91 Å². The highest BCUT2D eigenvalue weighted by molar-refractivity contribution is 8.16. The van der Waals surface area contributed by atoms with E-state index in [1.54, 1.807) is 11.8 Å². The fourth-order valence-electron chi connectivity index (χ4n) is 4.82. The molecule has 4 heterocycles. The first-order valence-corrected chi connectivity index (χ1v) is 11.6. The number of likely N-dealkylation sites (tertiary alicyclic amines) is 1. The molecular formula is C22H24ClN3O3S. The van der Waals surface area contributed by atoms with Crippen LogP contribution in [0.4, 0.5) is 0 Å². The number of hydrogen-bond donors (Lipinski definition) is 0. The van der Waals surface area contributed by atoms with Gasteiger partial charge in [0, 0.05) is 43.2 Å². The van der Waals surface area contributed by atoms with Crippen LogP contribution in [0.25, 0.3) is 0 Å². The molecule has 4 aliphatic rings. The number of ether oxygens (including phenoxy) is 1. The molecule has 30 heavy (non-hydrogen) atoms. The van der Waals surface area contributed by atoms with Crippen LogP contribution in [0.5, 0.6) is 5.75 Å². The summed E-state index contributed by atoms with van der Waals surface area (Å²) in [4.78, 5) is 34.3. The van der Waals surface area contributed by atoms with Gasteiger partial charge in [0.25, 0.3) is 0 Å². The number of amidine groups is 1. The van der Waals surface area contributed by atoms with E-state index in [-0.39, 0.29) is 11.7 Å². The van der Waals surface area contributed by atoms with E-state index in [0.29, 0.717) is 55.1 Å². The lowest BCUT2D eigenvalue weighted by Crippen LogP contribution is -2.52. The highest BCUT2D eigenvalue weighted by Gasteiger charge is 2.44. The molecule has 0 unspecified atom stereocenters. The highest BCUT2D eigenvalue weighted by Crippen LogP contribution is 2.43. The Hall–Kier alpha value is -1.99. The molecule has 5 rings (SSSR count). The molecule has 0 atom stereocenters. The summed E-state index contributed by atoms with van der Waals surface area (Å²) in [5, 5.41) is 3.68. The second-order valence-electron chi connectivity index (χ2n) is 8.49. The van der Waals surface area contributed by atoms with Gasteiger partial charge in [-0.2, -0.15) is 0 Å². The molecule has 1 aromatic carbocycles. The van der Waals surface area contributed by atoms with Gasteiger partial charge >= 0.3 is 0 Å². The number of carbonyl (C=O) groups is 2. The Balaban J connectivity index is 1.26. The number of aryl methyl sites for hydroxylation is 1. The summed E-state index contributed by atoms with van der Waals surface area (Å²) in [5.41, 5.74) is 2.85. The van der Waals surface area contributed by atoms with E-state index >= 15 is 0 Å². The zero-order chi connectivity index (χ0) is 21.0. The van der Waals surface area contributed by atoms with Crippen molar-refractivity contribution in [2.24, 2.45) is 4.99 Å². The Morgan fingerprint density at radius 1 is 1.30 bits per heavy atom. The number of rotatable bonds is 2. The molecule has 0 aromatic heterocycles. The number of aliphatic imine (C=N–C) groups is 1. The molecule has 4 aliphatic heterocycles. The third kappa shape index (κ3) is 3.23. The molecule has 0 saturated carbocycles. The Bertz CT molecular complexity index is 1010. The molecular weight excluding hydrogens is 422 g/mol. The van der Waals surface area contributed by atoms with Crippen molar-refractivity contribution >= 4 is 40.2 Å². The maximum atomic E-state index is 12.9. The van der Waals surface area contributed by atoms with Crippen molar-refractivity contribution in [1.29, 1.82) is 0 Å². The molecule has 1 aromatic rings. The summed E-state index contributed by atoms with van der Waals surface area (Å²) in [7, 11) is 0. The second-order valence-corrected chi connectivity index (χ2v) is 9.71. The molecule has 158 valence electrons. The molecule has 0 N–H and O–H groups in total. The third-order valence-corrected chi connectivity index (χ3v) is 8.07. The molecule has 1 saturated heterocycles. The number of halogens is 1. The number of ketones is 1. The molecule has 6 nitrogen and oxygen atoms in total. The van der Waals surface area contributed by atoms with E-state index in [9.17, 15) is 9.59 Å². The van der Waals surface area contributed by atoms with Gasteiger partial charge in [-0.05, 0) is 36.4 Å². The van der Waals surface area contributed by atoms with Gasteiger partial charge in [0.15, 0.2) is 11.0 Å². The zero-order valence-electron chi connectivity index (χ0n) is 17.2. The number of hydrogen-bond acceptors (Lipinski definition) is 6. The van der Waals surface area contributed by atoms with Crippen LogP contribution in [0, 0.1) is 13.8 Å². The predicted octanol–water partition coefficient (Wildman–Crippen LogP) is 3.93. The fraction of sp³-hybridized carbons (Fsp3) is 0.500. The van der Waals surface area contributed by atoms with E-state index in [1.165, 1.54) is 0 Å². The Labute approximate surface area is 185 Å². The average molecular weight is 446 g/mol. The largest absolute Gasteiger partial charge is 0.486 e. The smallest absolute Gasteiger partial charge is 0.228 e. The van der Waals surface area contributed by atoms with E-state index in [2.05, 4.69) is 9.89 Å². The lowest BCUT2D eigenvalue weighted by molar-refractivity contribution is -0.134. The van der Waals surface area contributed by atoms with Crippen molar-refractivity contribution < 1.29 is 14.3 Å². The van der Waals surface area contributed by atoms with E-state index < -0.39 is 5.60 Å². The normalized spacial score (nSPS) is 21.9. The number of Topliss-reactive ketones (excluding diaryl/α,β-unsaturated/α-hetero) is 1. The molecule has 1 amide bonds. The second kappa shape index (κ2) is 7.31. The summed E-state index contributed by atoms with van der Waals surface area (Å²) < 4.78 is 6.41. The minimum atomic E-state index is -0.523. The van der Waals surface area contributed by atoms with Crippen LogP contribution in [-0.2, 0) is 4.79 Å². The van der Waals surface area contributed by atoms with Crippen LogP contribution in [0.3, 0.4) is 0 Å². The number of piperidine rings is 1. The topological polar surface area (TPSA) is 62.2 Å². The van der Waals surface area contributed by atoms with Crippen molar-refractivity contribution in [3.63, 3.8) is 0 Å². The Morgan fingerprint density at radius 3 is 2.83 bits per heavy atom. The molecule has 0 radical (unpaired) electrons. The van der Waals surface area contributed by atoms with Gasteiger partial charge in [-0.25, -0.2) is 0 Å². The number of amides is 1. The van der Waals surface area contributed by atoms with Crippen molar-refractivity contribution in [3.8, 4) is 5.75 Å². The van der Waals surface area contributed by atoms with Crippen LogP contribution in [0.15, 0.2) is 22.2 Å². The molecule has 1 spiro atoms. The standard InChI is InChI=1S/C22H24ClN3O3S/c1-13-9-17-19(14(2)20(13)23)16(27)11-22(29-17)3-6-25(7-4-22)18(28)10-15-12-30-21-24-5-8-26(15)21/h9,12H,3-8,10-11H2,1-2H3. The lowest BCUT2D eigenvalue weighted by atomic mass is 9.81. The zero-order valence-corrected chi connectivity index (χ0v) is 18.7. The monoisotopic (exact) mass is 445 g/mol. The summed E-state index contributed by atoms with van der Waals surface area (Å²) in [6, 6.07) is 1.88. The molecule has 8 heteroatoms. The SMILES string of the molecule is Cc1cc2c(c(C)c1Cl)C(=O)CC1(CCN(C(=O)CC3=CSC4=NCCN34)CC1)O2. The first-order valence-electron chi connectivity index (χ1n) is 10.3. The summed E-state index contributed by atoms with van der Waals surface area (Å²) in [6.07, 6.45) is 2.07. The lowest BCUT2D eigenvalue weighted by Gasteiger charge is -2.44. The van der Waals surface area contributed by atoms with Crippen molar-refractivity contribution in [3.05, 3.63) is 38.9 Å². The first-order chi connectivity index (χ1) is 14.4. The van der Waals surface area contributed by atoms with Gasteiger partial charge in [-0.15, -0.1) is 0 Å². The highest BCUT2D eigenvalue weighted by atomic mass is 35.5. The summed E-state index contributed by atoms with van der Waals surface area (Å²) in [6.45, 7) is 6.68. The number of fused-ring (bicyclic) bond motifs is 2. The minimum Gasteiger partial charge on any atom is -0.486 e. The number of thioether (sulfide) groups is 1. The van der Waals surface area contributed by atoms with Crippen LogP contribution >= 0.6 is 23.4 Å². The summed E-state index contributed by atoms with van der Waals surface area (Å²) in [5.74, 6) is 0.856. The van der Waals surface area contributed by atoms with Crippen LogP contribution in [-0.4, -0.2) is 58.4 Å². The van der Waals surface area contributed by atoms with Crippen LogP contribution < -0.4 is 4.74 Å². The Morgan fingerprint density at radius 2 is 2.07 bits per heavy atom. The van der Waals surface area contributed by atoms with E-state index in [4.69, 9.17) is 16.3 Å². The van der Waals surface area contributed by atoms with E-state index in [0.717, 1.165) is 35.1 Å². The maximum Gasteiger partial charge on any atom is 0.228 e. The van der Waals surface area contributed by atoms with Gasteiger partial charge in [0.05, 0.1) is 24.9 Å². The quantitative estimate of drug-likeness (QED) is 0.690. The molecule has 0 bridgehead atoms. The molecule has 1 fully saturated rings. The number of benzene rings is 1. The Kier molecular flexibility index (Phi) is 4.86. The predicted molar refractivity (Wildman–Crippen MR) is 118 cm³/mol. The van der Waals surface area contributed by atoms with Crippen molar-refractivity contribution in [1.82, 2.24) is 9.80 Å². The maximum absolute atomic E-state index is 12.9. The van der Waals surface area contributed by atoms with Gasteiger partial charge in [-0.3, -0.25) is 14.6 Å². The van der Waals surface area contributed by atoms with Crippen LogP contribution in [0.1, 0.15) is 47.2 Å². The van der Waals surface area contributed by atoms with Crippen molar-refractivity contribution in [2.45, 2.75) is 45.1 Å². The number of carbonyl (C=O) groups excluding carboxylic acids is 2. The first kappa shape index (κ1) is 19.9. The molecule has 0 aliphatic carbocycles. The van der Waals surface area contributed by atoms with Gasteiger partial charge in [0.1, 0.15) is 11.4 Å². The fourth-order valence-corrected chi connectivity index (χ4v) is 5.93. The van der Waals surface area contributed by atoms with Gasteiger partial charge < -0.3 is 14.5 Å².